The Hall–Kier alpha value is -3.69. The third-order valence-electron chi connectivity index (χ3n) is 5.45. The van der Waals surface area contributed by atoms with Crippen molar-refractivity contribution in [2.75, 3.05) is 29.9 Å². The molecule has 0 aromatic carbocycles. The van der Waals surface area contributed by atoms with E-state index in [-0.39, 0.29) is 24.8 Å². The summed E-state index contributed by atoms with van der Waals surface area (Å²) in [5.74, 6) is 0.358. The Kier molecular flexibility index (Phi) is 7.42. The van der Waals surface area contributed by atoms with Gasteiger partial charge in [0.25, 0.3) is 12.0 Å². The summed E-state index contributed by atoms with van der Waals surface area (Å²) in [6.07, 6.45) is -1.93. The summed E-state index contributed by atoms with van der Waals surface area (Å²) in [6.45, 7) is 2.83. The molecule has 1 saturated heterocycles. The van der Waals surface area contributed by atoms with Gasteiger partial charge in [-0.05, 0) is 13.3 Å². The van der Waals surface area contributed by atoms with Crippen LogP contribution < -0.4 is 15.8 Å². The zero-order chi connectivity index (χ0) is 25.9. The highest BCUT2D eigenvalue weighted by atomic mass is 19.4. The fourth-order valence-corrected chi connectivity index (χ4v) is 3.74. The molecular formula is C20H22F5N9O2. The van der Waals surface area contributed by atoms with Crippen LogP contribution in [0.25, 0.3) is 0 Å². The molecule has 3 aromatic rings. The molecule has 3 aromatic heterocycles. The molecule has 1 aliphatic heterocycles. The number of rotatable bonds is 9. The molecule has 4 rings (SSSR count). The van der Waals surface area contributed by atoms with Gasteiger partial charge in [0, 0.05) is 31.5 Å². The van der Waals surface area contributed by atoms with Gasteiger partial charge in [0.1, 0.15) is 11.3 Å². The van der Waals surface area contributed by atoms with Gasteiger partial charge in [-0.1, -0.05) is 5.21 Å². The summed E-state index contributed by atoms with van der Waals surface area (Å²) < 4.78 is 72.1. The van der Waals surface area contributed by atoms with Crippen LogP contribution in [-0.4, -0.2) is 60.9 Å². The summed E-state index contributed by atoms with van der Waals surface area (Å²) in [5.41, 5.74) is -2.85. The number of hydrogen-bond acceptors (Lipinski definition) is 9. The monoisotopic (exact) mass is 515 g/mol. The number of nitrogens with zero attached hydrogens (tertiary/aromatic N) is 7. The van der Waals surface area contributed by atoms with Gasteiger partial charge in [0.05, 0.1) is 42.9 Å². The van der Waals surface area contributed by atoms with E-state index < -0.39 is 35.5 Å². The number of aromatic nitrogens is 7. The number of nitrogens with one attached hydrogen (secondary N) is 2. The van der Waals surface area contributed by atoms with Crippen LogP contribution >= 0.6 is 0 Å². The molecule has 11 nitrogen and oxygen atoms in total. The smallest absolute Gasteiger partial charge is 0.378 e. The van der Waals surface area contributed by atoms with Crippen molar-refractivity contribution < 1.29 is 26.7 Å². The van der Waals surface area contributed by atoms with Gasteiger partial charge in [-0.25, -0.2) is 28.5 Å². The Labute approximate surface area is 200 Å². The summed E-state index contributed by atoms with van der Waals surface area (Å²) in [4.78, 5) is 21.4. The van der Waals surface area contributed by atoms with E-state index in [1.54, 1.807) is 22.9 Å². The van der Waals surface area contributed by atoms with Crippen LogP contribution in [-0.2, 0) is 17.5 Å². The molecule has 2 unspecified atom stereocenters. The fourth-order valence-electron chi connectivity index (χ4n) is 3.74. The van der Waals surface area contributed by atoms with Crippen molar-refractivity contribution in [1.29, 1.82) is 0 Å². The molecule has 16 heteroatoms. The largest absolute Gasteiger partial charge is 0.423 e. The Morgan fingerprint density at radius 2 is 2.00 bits per heavy atom. The van der Waals surface area contributed by atoms with Gasteiger partial charge in [0.15, 0.2) is 0 Å². The maximum Gasteiger partial charge on any atom is 0.423 e. The molecular weight excluding hydrogens is 493 g/mol. The number of alkyl halides is 5. The Balaban J connectivity index is 1.27. The molecule has 0 amide bonds. The molecule has 36 heavy (non-hydrogen) atoms. The van der Waals surface area contributed by atoms with Crippen molar-refractivity contribution in [1.82, 2.24) is 35.2 Å². The molecule has 0 saturated carbocycles. The van der Waals surface area contributed by atoms with E-state index in [2.05, 4.69) is 30.7 Å². The van der Waals surface area contributed by atoms with E-state index in [4.69, 9.17) is 4.74 Å². The number of halogens is 5. The Morgan fingerprint density at radius 1 is 1.25 bits per heavy atom. The van der Waals surface area contributed by atoms with E-state index in [1.807, 2.05) is 4.90 Å². The fraction of sp³-hybridized carbons (Fsp3) is 0.500. The third-order valence-corrected chi connectivity index (χ3v) is 5.45. The first-order valence-corrected chi connectivity index (χ1v) is 10.9. The van der Waals surface area contributed by atoms with Crippen molar-refractivity contribution in [3.05, 3.63) is 52.0 Å². The first kappa shape index (κ1) is 25.4. The van der Waals surface area contributed by atoms with Crippen molar-refractivity contribution in [3.8, 4) is 0 Å². The quantitative estimate of drug-likeness (QED) is 0.414. The normalized spacial score (nSPS) is 17.1. The average molecular weight is 515 g/mol. The lowest BCUT2D eigenvalue weighted by Crippen LogP contribution is -2.29. The molecule has 1 aliphatic rings. The highest BCUT2D eigenvalue weighted by molar-refractivity contribution is 5.50. The first-order valence-electron chi connectivity index (χ1n) is 10.9. The van der Waals surface area contributed by atoms with Crippen molar-refractivity contribution >= 4 is 11.6 Å². The van der Waals surface area contributed by atoms with Gasteiger partial charge in [-0.2, -0.15) is 18.3 Å². The van der Waals surface area contributed by atoms with Gasteiger partial charge >= 0.3 is 6.18 Å². The van der Waals surface area contributed by atoms with Gasteiger partial charge < -0.3 is 15.0 Å². The van der Waals surface area contributed by atoms with Gasteiger partial charge in [0.2, 0.25) is 5.95 Å². The molecule has 4 heterocycles. The summed E-state index contributed by atoms with van der Waals surface area (Å²) in [6, 6.07) is -0.598. The topological polar surface area (TPSA) is 127 Å². The highest BCUT2D eigenvalue weighted by Crippen LogP contribution is 2.31. The zero-order valence-corrected chi connectivity index (χ0v) is 18.9. The SMILES string of the molecule is CC(COCc1cn(C2CCN(c3ncc(C(F)F)cn3)C2)nn1)Nc1cn[nH]c(=O)c1C(F)(F)F. The molecule has 0 spiro atoms. The lowest BCUT2D eigenvalue weighted by Gasteiger charge is -2.18. The Morgan fingerprint density at radius 3 is 2.69 bits per heavy atom. The lowest BCUT2D eigenvalue weighted by atomic mass is 10.2. The van der Waals surface area contributed by atoms with Crippen LogP contribution in [0.15, 0.2) is 29.6 Å². The minimum absolute atomic E-state index is 0.0279. The Bertz CT molecular complexity index is 1220. The van der Waals surface area contributed by atoms with Gasteiger partial charge in [-0.15, -0.1) is 5.10 Å². The van der Waals surface area contributed by atoms with E-state index >= 15 is 0 Å². The van der Waals surface area contributed by atoms with E-state index in [9.17, 15) is 26.7 Å². The second kappa shape index (κ2) is 10.5. The molecule has 2 N–H and O–H groups in total. The van der Waals surface area contributed by atoms with Crippen LogP contribution in [0.5, 0.6) is 0 Å². The summed E-state index contributed by atoms with van der Waals surface area (Å²) in [7, 11) is 0. The second-order valence-electron chi connectivity index (χ2n) is 8.24. The highest BCUT2D eigenvalue weighted by Gasteiger charge is 2.37. The van der Waals surface area contributed by atoms with E-state index in [0.29, 0.717) is 24.7 Å². The van der Waals surface area contributed by atoms with Crippen LogP contribution in [0.1, 0.15) is 42.6 Å². The minimum atomic E-state index is -4.84. The lowest BCUT2D eigenvalue weighted by molar-refractivity contribution is -0.138. The summed E-state index contributed by atoms with van der Waals surface area (Å²) >= 11 is 0. The van der Waals surface area contributed by atoms with Crippen LogP contribution in [0.3, 0.4) is 0 Å². The van der Waals surface area contributed by atoms with Crippen molar-refractivity contribution in [3.63, 3.8) is 0 Å². The van der Waals surface area contributed by atoms with E-state index in [0.717, 1.165) is 25.0 Å². The zero-order valence-electron chi connectivity index (χ0n) is 18.9. The predicted molar refractivity (Wildman–Crippen MR) is 115 cm³/mol. The minimum Gasteiger partial charge on any atom is -0.378 e. The maximum atomic E-state index is 13.2. The molecule has 194 valence electrons. The second-order valence-corrected chi connectivity index (χ2v) is 8.24. The number of anilines is 2. The number of aromatic amines is 1. The predicted octanol–water partition coefficient (Wildman–Crippen LogP) is 2.58. The summed E-state index contributed by atoms with van der Waals surface area (Å²) in [5, 5.41) is 16.0. The standard InChI is InChI=1S/C20H22F5N9O2/c1-11(29-15-6-28-31-18(35)16(15)20(23,24)25)9-36-10-13-7-34(32-30-13)14-2-3-33(8-14)19-26-4-12(5-27-19)17(21)22/h4-7,11,14,17H,2-3,8-10H2,1H3,(H2,29,31,35). The van der Waals surface area contributed by atoms with E-state index in [1.165, 1.54) is 0 Å². The van der Waals surface area contributed by atoms with Crippen LogP contribution in [0, 0.1) is 0 Å². The molecule has 2 atom stereocenters. The number of hydrogen-bond donors (Lipinski definition) is 2. The third kappa shape index (κ3) is 5.92. The van der Waals surface area contributed by atoms with Crippen LogP contribution in [0.2, 0.25) is 0 Å². The van der Waals surface area contributed by atoms with Crippen molar-refractivity contribution in [2.24, 2.45) is 0 Å². The molecule has 0 bridgehead atoms. The average Bonchev–Trinajstić information content (AvgIpc) is 3.48. The molecule has 1 fully saturated rings. The number of ether oxygens (including phenoxy) is 1. The number of H-pyrrole nitrogens is 1. The maximum absolute atomic E-state index is 13.2. The molecule has 0 aliphatic carbocycles. The molecule has 0 radical (unpaired) electrons. The first-order chi connectivity index (χ1) is 17.1. The van der Waals surface area contributed by atoms with Gasteiger partial charge in [-0.3, -0.25) is 4.79 Å². The van der Waals surface area contributed by atoms with Crippen LogP contribution in [0.4, 0.5) is 33.6 Å². The van der Waals surface area contributed by atoms with Crippen molar-refractivity contribution in [2.45, 2.75) is 44.6 Å².